The van der Waals surface area contributed by atoms with E-state index in [9.17, 15) is 5.11 Å². The molecule has 0 spiro atoms. The lowest BCUT2D eigenvalue weighted by Gasteiger charge is -2.38. The molecule has 19 heavy (non-hydrogen) atoms. The van der Waals surface area contributed by atoms with E-state index in [2.05, 4.69) is 43.7 Å². The number of piperazine rings is 1. The van der Waals surface area contributed by atoms with Crippen molar-refractivity contribution in [3.8, 4) is 0 Å². The number of halogens is 1. The first-order chi connectivity index (χ1) is 9.22. The van der Waals surface area contributed by atoms with Crippen LogP contribution in [0, 0.1) is 0 Å². The summed E-state index contributed by atoms with van der Waals surface area (Å²) in [7, 11) is 0. The van der Waals surface area contributed by atoms with Crippen LogP contribution in [0.15, 0.2) is 22.8 Å². The van der Waals surface area contributed by atoms with Gasteiger partial charge in [0.1, 0.15) is 4.60 Å². The maximum absolute atomic E-state index is 9.34. The highest BCUT2D eigenvalue weighted by atomic mass is 79.9. The van der Waals surface area contributed by atoms with Gasteiger partial charge in [-0.25, -0.2) is 4.98 Å². The molecule has 0 radical (unpaired) electrons. The van der Waals surface area contributed by atoms with Crippen molar-refractivity contribution in [1.29, 1.82) is 0 Å². The fourth-order valence-corrected chi connectivity index (χ4v) is 2.94. The predicted molar refractivity (Wildman–Crippen MR) is 80.0 cm³/mol. The predicted octanol–water partition coefficient (Wildman–Crippen LogP) is 1.73. The van der Waals surface area contributed by atoms with E-state index in [1.165, 1.54) is 0 Å². The summed E-state index contributed by atoms with van der Waals surface area (Å²) < 4.78 is 0.898. The number of aromatic nitrogens is 1. The van der Waals surface area contributed by atoms with E-state index in [0.717, 1.165) is 49.4 Å². The van der Waals surface area contributed by atoms with Crippen LogP contribution in [0.25, 0.3) is 0 Å². The molecule has 1 atom stereocenters. The second-order valence-corrected chi connectivity index (χ2v) is 5.82. The number of nitrogens with zero attached hydrogens (tertiary/aromatic N) is 3. The summed E-state index contributed by atoms with van der Waals surface area (Å²) in [6.07, 6.45) is 1.02. The van der Waals surface area contributed by atoms with Crippen LogP contribution < -0.4 is 0 Å². The van der Waals surface area contributed by atoms with E-state index < -0.39 is 0 Å². The fraction of sp³-hybridized carbons (Fsp3) is 0.643. The maximum atomic E-state index is 9.34. The van der Waals surface area contributed by atoms with Crippen LogP contribution in [0.1, 0.15) is 19.0 Å². The van der Waals surface area contributed by atoms with Crippen molar-refractivity contribution >= 4 is 15.9 Å². The molecule has 1 aromatic heterocycles. The van der Waals surface area contributed by atoms with Crippen molar-refractivity contribution in [3.05, 3.63) is 28.5 Å². The molecule has 0 bridgehead atoms. The van der Waals surface area contributed by atoms with Gasteiger partial charge in [0.05, 0.1) is 12.3 Å². The Hall–Kier alpha value is -0.490. The second-order valence-electron chi connectivity index (χ2n) is 5.01. The Morgan fingerprint density at radius 1 is 1.32 bits per heavy atom. The summed E-state index contributed by atoms with van der Waals surface area (Å²) in [5.74, 6) is 0. The first-order valence-electron chi connectivity index (χ1n) is 6.91. The molecule has 0 saturated carbocycles. The number of hydrogen-bond acceptors (Lipinski definition) is 4. The van der Waals surface area contributed by atoms with E-state index in [1.54, 1.807) is 0 Å². The quantitative estimate of drug-likeness (QED) is 0.836. The molecule has 0 amide bonds. The number of pyridine rings is 1. The molecule has 1 N–H and O–H groups in total. The zero-order valence-electron chi connectivity index (χ0n) is 11.4. The van der Waals surface area contributed by atoms with Gasteiger partial charge < -0.3 is 5.11 Å². The third kappa shape index (κ3) is 4.24. The third-order valence-electron chi connectivity index (χ3n) is 3.76. The van der Waals surface area contributed by atoms with E-state index in [-0.39, 0.29) is 6.61 Å². The van der Waals surface area contributed by atoms with Crippen molar-refractivity contribution in [3.63, 3.8) is 0 Å². The summed E-state index contributed by atoms with van der Waals surface area (Å²) in [6.45, 7) is 7.47. The van der Waals surface area contributed by atoms with Crippen LogP contribution in [-0.2, 0) is 6.54 Å². The van der Waals surface area contributed by atoms with Crippen LogP contribution in [0.2, 0.25) is 0 Å². The van der Waals surface area contributed by atoms with Gasteiger partial charge in [0.25, 0.3) is 0 Å². The lowest BCUT2D eigenvalue weighted by atomic mass is 10.1. The summed E-state index contributed by atoms with van der Waals surface area (Å²) >= 11 is 3.41. The van der Waals surface area contributed by atoms with Crippen molar-refractivity contribution < 1.29 is 5.11 Å². The number of aliphatic hydroxyl groups excluding tert-OH is 1. The molecule has 1 unspecified atom stereocenters. The van der Waals surface area contributed by atoms with Gasteiger partial charge in [0, 0.05) is 38.8 Å². The van der Waals surface area contributed by atoms with Gasteiger partial charge in [-0.05, 0) is 34.5 Å². The number of aliphatic hydroxyl groups is 1. The molecule has 0 aromatic carbocycles. The first kappa shape index (κ1) is 14.9. The van der Waals surface area contributed by atoms with Crippen LogP contribution >= 0.6 is 15.9 Å². The molecule has 2 rings (SSSR count). The van der Waals surface area contributed by atoms with Crippen molar-refractivity contribution in [2.45, 2.75) is 25.9 Å². The Balaban J connectivity index is 1.83. The fourth-order valence-electron chi connectivity index (χ4n) is 2.56. The number of hydrogen-bond donors (Lipinski definition) is 1. The van der Waals surface area contributed by atoms with Crippen molar-refractivity contribution in [2.24, 2.45) is 0 Å². The minimum absolute atomic E-state index is 0.268. The molecule has 4 nitrogen and oxygen atoms in total. The third-order valence-corrected chi connectivity index (χ3v) is 4.21. The Kier molecular flexibility index (Phi) is 5.76. The summed E-state index contributed by atoms with van der Waals surface area (Å²) in [5, 5.41) is 9.34. The van der Waals surface area contributed by atoms with Gasteiger partial charge in [-0.2, -0.15) is 0 Å². The lowest BCUT2D eigenvalue weighted by Crippen LogP contribution is -2.50. The highest BCUT2D eigenvalue weighted by Gasteiger charge is 2.22. The van der Waals surface area contributed by atoms with Crippen LogP contribution in [0.4, 0.5) is 0 Å². The van der Waals surface area contributed by atoms with Crippen LogP contribution in [-0.4, -0.2) is 58.7 Å². The van der Waals surface area contributed by atoms with Gasteiger partial charge in [-0.15, -0.1) is 0 Å². The lowest BCUT2D eigenvalue weighted by molar-refractivity contribution is 0.0603. The Bertz CT molecular complexity index is 390. The standard InChI is InChI=1S/C14H22BrN3O/c1-2-13(11-19)18-8-6-17(7-9-18)10-12-4-3-5-14(15)16-12/h3-5,13,19H,2,6-11H2,1H3. The molecule has 1 fully saturated rings. The van der Waals surface area contributed by atoms with Gasteiger partial charge in [-0.1, -0.05) is 13.0 Å². The Morgan fingerprint density at radius 2 is 2.05 bits per heavy atom. The average Bonchev–Trinajstić information content (AvgIpc) is 2.42. The van der Waals surface area contributed by atoms with Gasteiger partial charge in [0.2, 0.25) is 0 Å². The normalized spacial score (nSPS) is 19.5. The molecular weight excluding hydrogens is 306 g/mol. The van der Waals surface area contributed by atoms with Crippen molar-refractivity contribution in [2.75, 3.05) is 32.8 Å². The van der Waals surface area contributed by atoms with E-state index in [0.29, 0.717) is 6.04 Å². The highest BCUT2D eigenvalue weighted by Crippen LogP contribution is 2.12. The molecule has 0 aliphatic carbocycles. The zero-order chi connectivity index (χ0) is 13.7. The Labute approximate surface area is 123 Å². The average molecular weight is 328 g/mol. The molecule has 106 valence electrons. The van der Waals surface area contributed by atoms with E-state index in [1.807, 2.05) is 12.1 Å². The number of rotatable bonds is 5. The van der Waals surface area contributed by atoms with Gasteiger partial charge in [0.15, 0.2) is 0 Å². The minimum atomic E-state index is 0.268. The molecule has 2 heterocycles. The van der Waals surface area contributed by atoms with Gasteiger partial charge >= 0.3 is 0 Å². The highest BCUT2D eigenvalue weighted by molar-refractivity contribution is 9.10. The smallest absolute Gasteiger partial charge is 0.106 e. The Morgan fingerprint density at radius 3 is 2.63 bits per heavy atom. The molecular formula is C14H22BrN3O. The minimum Gasteiger partial charge on any atom is -0.395 e. The maximum Gasteiger partial charge on any atom is 0.106 e. The van der Waals surface area contributed by atoms with Crippen molar-refractivity contribution in [1.82, 2.24) is 14.8 Å². The zero-order valence-corrected chi connectivity index (χ0v) is 13.0. The summed E-state index contributed by atoms with van der Waals surface area (Å²) in [5.41, 5.74) is 1.11. The molecule has 1 saturated heterocycles. The van der Waals surface area contributed by atoms with Crippen LogP contribution in [0.3, 0.4) is 0 Å². The largest absolute Gasteiger partial charge is 0.395 e. The van der Waals surface area contributed by atoms with E-state index >= 15 is 0 Å². The second kappa shape index (κ2) is 7.33. The first-order valence-corrected chi connectivity index (χ1v) is 7.71. The summed E-state index contributed by atoms with van der Waals surface area (Å²) in [4.78, 5) is 9.29. The topological polar surface area (TPSA) is 39.6 Å². The molecule has 1 aliphatic rings. The van der Waals surface area contributed by atoms with Crippen LogP contribution in [0.5, 0.6) is 0 Å². The van der Waals surface area contributed by atoms with E-state index in [4.69, 9.17) is 0 Å². The SMILES string of the molecule is CCC(CO)N1CCN(Cc2cccc(Br)n2)CC1. The monoisotopic (exact) mass is 327 g/mol. The molecule has 1 aromatic rings. The summed E-state index contributed by atoms with van der Waals surface area (Å²) in [6, 6.07) is 6.38. The molecule has 1 aliphatic heterocycles. The van der Waals surface area contributed by atoms with Gasteiger partial charge in [-0.3, -0.25) is 9.80 Å². The molecule has 5 heteroatoms.